The van der Waals surface area contributed by atoms with Gasteiger partial charge in [-0.1, -0.05) is 18.2 Å². The predicted molar refractivity (Wildman–Crippen MR) is 92.6 cm³/mol. The molecule has 122 valence electrons. The maximum absolute atomic E-state index is 12.2. The van der Waals surface area contributed by atoms with Gasteiger partial charge in [0.25, 0.3) is 5.91 Å². The topological polar surface area (TPSA) is 67.2 Å². The number of rotatable bonds is 6. The molecule has 1 aromatic carbocycles. The number of nitrogens with one attached hydrogen (secondary N) is 2. The number of aromatic nitrogens is 1. The zero-order valence-electron chi connectivity index (χ0n) is 13.5. The van der Waals surface area contributed by atoms with E-state index in [1.807, 2.05) is 49.4 Å². The number of aryl methyl sites for hydroxylation is 1. The van der Waals surface area contributed by atoms with Crippen molar-refractivity contribution in [2.75, 3.05) is 5.32 Å². The van der Waals surface area contributed by atoms with Crippen LogP contribution in [-0.2, 0) is 13.1 Å². The van der Waals surface area contributed by atoms with Crippen LogP contribution in [0.4, 0.5) is 5.82 Å². The van der Waals surface area contributed by atoms with Gasteiger partial charge in [0.1, 0.15) is 11.6 Å². The van der Waals surface area contributed by atoms with Crippen LogP contribution in [0, 0.1) is 6.92 Å². The quantitative estimate of drug-likeness (QED) is 0.729. The van der Waals surface area contributed by atoms with E-state index in [1.165, 1.54) is 0 Å². The highest BCUT2D eigenvalue weighted by atomic mass is 16.3. The Morgan fingerprint density at radius 3 is 2.75 bits per heavy atom. The lowest BCUT2D eigenvalue weighted by Gasteiger charge is -2.08. The third-order valence-electron chi connectivity index (χ3n) is 3.55. The zero-order chi connectivity index (χ0) is 16.8. The first kappa shape index (κ1) is 15.8. The molecule has 2 aromatic heterocycles. The molecule has 5 nitrogen and oxygen atoms in total. The molecule has 0 aliphatic heterocycles. The van der Waals surface area contributed by atoms with E-state index in [-0.39, 0.29) is 5.91 Å². The van der Waals surface area contributed by atoms with Crippen molar-refractivity contribution in [3.05, 3.63) is 83.4 Å². The number of anilines is 1. The Bertz CT molecular complexity index is 813. The van der Waals surface area contributed by atoms with E-state index in [0.717, 1.165) is 22.8 Å². The van der Waals surface area contributed by atoms with Crippen molar-refractivity contribution in [3.63, 3.8) is 0 Å². The minimum Gasteiger partial charge on any atom is -0.467 e. The van der Waals surface area contributed by atoms with Gasteiger partial charge in [-0.3, -0.25) is 4.79 Å². The highest BCUT2D eigenvalue weighted by molar-refractivity contribution is 5.94. The molecule has 5 heteroatoms. The molecule has 24 heavy (non-hydrogen) atoms. The fourth-order valence-electron chi connectivity index (χ4n) is 2.34. The number of amides is 1. The van der Waals surface area contributed by atoms with E-state index < -0.39 is 0 Å². The molecule has 2 N–H and O–H groups in total. The highest BCUT2D eigenvalue weighted by Crippen LogP contribution is 2.10. The average Bonchev–Trinajstić information content (AvgIpc) is 3.12. The standard InChI is InChI=1S/C19H19N3O2/c1-14-5-2-9-18(22-14)20-12-15-6-3-7-16(11-15)19(23)21-13-17-8-4-10-24-17/h2-11H,12-13H2,1H3,(H,20,22)(H,21,23). The maximum Gasteiger partial charge on any atom is 0.251 e. The summed E-state index contributed by atoms with van der Waals surface area (Å²) in [6.45, 7) is 2.94. The average molecular weight is 321 g/mol. The first-order chi connectivity index (χ1) is 11.7. The maximum atomic E-state index is 12.2. The molecule has 0 aliphatic carbocycles. The van der Waals surface area contributed by atoms with E-state index in [9.17, 15) is 4.79 Å². The van der Waals surface area contributed by atoms with Gasteiger partial charge in [0.15, 0.2) is 0 Å². The second-order valence-electron chi connectivity index (χ2n) is 5.48. The number of benzene rings is 1. The lowest BCUT2D eigenvalue weighted by atomic mass is 10.1. The Kier molecular flexibility index (Phi) is 4.91. The van der Waals surface area contributed by atoms with Crippen LogP contribution in [0.3, 0.4) is 0 Å². The van der Waals surface area contributed by atoms with Gasteiger partial charge < -0.3 is 15.1 Å². The largest absolute Gasteiger partial charge is 0.467 e. The van der Waals surface area contributed by atoms with Crippen molar-refractivity contribution in [1.82, 2.24) is 10.3 Å². The molecule has 0 aliphatic rings. The number of carbonyl (C=O) groups excluding carboxylic acids is 1. The lowest BCUT2D eigenvalue weighted by molar-refractivity contribution is 0.0948. The molecule has 0 atom stereocenters. The van der Waals surface area contributed by atoms with Gasteiger partial charge in [0.2, 0.25) is 0 Å². The summed E-state index contributed by atoms with van der Waals surface area (Å²) >= 11 is 0. The number of pyridine rings is 1. The van der Waals surface area contributed by atoms with Crippen LogP contribution in [0.5, 0.6) is 0 Å². The molecule has 0 radical (unpaired) electrons. The minimum absolute atomic E-state index is 0.123. The Morgan fingerprint density at radius 1 is 1.08 bits per heavy atom. The van der Waals surface area contributed by atoms with Gasteiger partial charge >= 0.3 is 0 Å². The molecule has 0 saturated heterocycles. The van der Waals surface area contributed by atoms with E-state index in [1.54, 1.807) is 18.4 Å². The summed E-state index contributed by atoms with van der Waals surface area (Å²) < 4.78 is 5.21. The van der Waals surface area contributed by atoms with Crippen molar-refractivity contribution in [3.8, 4) is 0 Å². The summed E-state index contributed by atoms with van der Waals surface area (Å²) in [4.78, 5) is 16.6. The second-order valence-corrected chi connectivity index (χ2v) is 5.48. The summed E-state index contributed by atoms with van der Waals surface area (Å²) in [7, 11) is 0. The van der Waals surface area contributed by atoms with Crippen LogP contribution in [-0.4, -0.2) is 10.9 Å². The number of hydrogen-bond acceptors (Lipinski definition) is 4. The molecule has 0 bridgehead atoms. The van der Waals surface area contributed by atoms with Gasteiger partial charge in [-0.25, -0.2) is 4.98 Å². The molecular formula is C19H19N3O2. The Balaban J connectivity index is 1.60. The fourth-order valence-corrected chi connectivity index (χ4v) is 2.34. The first-order valence-electron chi connectivity index (χ1n) is 7.78. The number of carbonyl (C=O) groups is 1. The van der Waals surface area contributed by atoms with Gasteiger partial charge in [-0.2, -0.15) is 0 Å². The van der Waals surface area contributed by atoms with E-state index >= 15 is 0 Å². The molecule has 3 aromatic rings. The van der Waals surface area contributed by atoms with Crippen LogP contribution in [0.15, 0.2) is 65.3 Å². The van der Waals surface area contributed by atoms with Crippen LogP contribution in [0.1, 0.15) is 27.4 Å². The van der Waals surface area contributed by atoms with Gasteiger partial charge in [0.05, 0.1) is 12.8 Å². The van der Waals surface area contributed by atoms with E-state index in [4.69, 9.17) is 4.42 Å². The third-order valence-corrected chi connectivity index (χ3v) is 3.55. The van der Waals surface area contributed by atoms with Crippen molar-refractivity contribution >= 4 is 11.7 Å². The predicted octanol–water partition coefficient (Wildman–Crippen LogP) is 3.53. The van der Waals surface area contributed by atoms with Crippen molar-refractivity contribution in [2.45, 2.75) is 20.0 Å². The summed E-state index contributed by atoms with van der Waals surface area (Å²) in [5, 5.41) is 6.11. The van der Waals surface area contributed by atoms with Crippen molar-refractivity contribution in [1.29, 1.82) is 0 Å². The van der Waals surface area contributed by atoms with E-state index in [0.29, 0.717) is 18.7 Å². The molecule has 2 heterocycles. The molecule has 1 amide bonds. The zero-order valence-corrected chi connectivity index (χ0v) is 13.5. The van der Waals surface area contributed by atoms with Gasteiger partial charge in [-0.05, 0) is 48.9 Å². The smallest absolute Gasteiger partial charge is 0.251 e. The molecule has 0 saturated carbocycles. The van der Waals surface area contributed by atoms with E-state index in [2.05, 4.69) is 15.6 Å². The Morgan fingerprint density at radius 2 is 1.96 bits per heavy atom. The fraction of sp³-hybridized carbons (Fsp3) is 0.158. The first-order valence-corrected chi connectivity index (χ1v) is 7.78. The van der Waals surface area contributed by atoms with Crippen LogP contribution < -0.4 is 10.6 Å². The summed E-state index contributed by atoms with van der Waals surface area (Å²) in [5.74, 6) is 1.43. The molecule has 0 spiro atoms. The number of hydrogen-bond donors (Lipinski definition) is 2. The molecular weight excluding hydrogens is 302 g/mol. The molecule has 3 rings (SSSR count). The summed E-state index contributed by atoms with van der Waals surface area (Å²) in [6.07, 6.45) is 1.59. The van der Waals surface area contributed by atoms with Crippen LogP contribution >= 0.6 is 0 Å². The third kappa shape index (κ3) is 4.23. The Labute approximate surface area is 140 Å². The Hall–Kier alpha value is -3.08. The minimum atomic E-state index is -0.123. The number of nitrogens with zero attached hydrogens (tertiary/aromatic N) is 1. The number of furan rings is 1. The van der Waals surface area contributed by atoms with Crippen LogP contribution in [0.25, 0.3) is 0 Å². The van der Waals surface area contributed by atoms with Crippen LogP contribution in [0.2, 0.25) is 0 Å². The van der Waals surface area contributed by atoms with Crippen molar-refractivity contribution in [2.24, 2.45) is 0 Å². The highest BCUT2D eigenvalue weighted by Gasteiger charge is 2.07. The lowest BCUT2D eigenvalue weighted by Crippen LogP contribution is -2.22. The normalized spacial score (nSPS) is 10.4. The summed E-state index contributed by atoms with van der Waals surface area (Å²) in [6, 6.07) is 17.0. The summed E-state index contributed by atoms with van der Waals surface area (Å²) in [5.41, 5.74) is 2.60. The molecule has 0 fully saturated rings. The monoisotopic (exact) mass is 321 g/mol. The molecule has 0 unspecified atom stereocenters. The SMILES string of the molecule is Cc1cccc(NCc2cccc(C(=O)NCc3ccco3)c2)n1. The van der Waals surface area contributed by atoms with Crippen molar-refractivity contribution < 1.29 is 9.21 Å². The second kappa shape index (κ2) is 7.46. The van der Waals surface area contributed by atoms with Gasteiger partial charge in [0, 0.05) is 17.8 Å². The van der Waals surface area contributed by atoms with Gasteiger partial charge in [-0.15, -0.1) is 0 Å².